The van der Waals surface area contributed by atoms with Crippen LogP contribution in [0.3, 0.4) is 0 Å². The maximum absolute atomic E-state index is 12.1. The number of nitrogens with one attached hydrogen (secondary N) is 5. The van der Waals surface area contributed by atoms with Crippen LogP contribution in [0.1, 0.15) is 80.1 Å². The minimum Gasteiger partial charge on any atom is -0.399 e. The van der Waals surface area contributed by atoms with Crippen LogP contribution in [0.25, 0.3) is 43.6 Å². The summed E-state index contributed by atoms with van der Waals surface area (Å²) in [5, 5.41) is 19.6. The van der Waals surface area contributed by atoms with Crippen molar-refractivity contribution in [1.82, 2.24) is 44.8 Å². The van der Waals surface area contributed by atoms with Crippen LogP contribution in [0.2, 0.25) is 13.3 Å². The standard InChI is InChI=1S/C20H20IN5O.C14H11BrN4.C14H11IN4.C14H11N4.C5H7ClO.3C4H9.CH4.Sn/c1-26(2)10-4-7-19(27)24-16-8-9-18-17(12-16)20(23-13-22-18)25-15-6-3-5-14(21)11-15;2*15-9-2-1-3-11(6-9)19-14-12-7-10(16)4-5-13(12)17-8-18-14;15-10-6-7-13-12(8-10)14(17-9-16-13)18-11-4-2-1-3-5-11;1-2-3-4-5(6)7;3*1-3-4-2;;/h3-9,11-13H,10H2,1-2H3,(H,24,27)(H,22,23,25);2*1-8H,16H2,(H,17,18,19);1-2,4-9H,15H2,(H,16,17,18);3-4H,2H2,1H3;3*1,3-4H2,2H3;1H4;/b7-4+;;;;4-3+;;;;;/i21-3;;15-3;;;;;;;. The minimum atomic E-state index is -2.46. The van der Waals surface area contributed by atoms with Crippen molar-refractivity contribution in [2.45, 2.75) is 93.4 Å². The Morgan fingerprint density at radius 2 is 0.856 bits per heavy atom. The number of benzene rings is 8. The number of allylic oxidation sites excluding steroid dienone is 2. The second-order valence-electron chi connectivity index (χ2n) is 24.4. The molecule has 0 spiro atoms. The van der Waals surface area contributed by atoms with Crippen molar-refractivity contribution in [3.63, 3.8) is 0 Å². The molecule has 19 nitrogen and oxygen atoms in total. The Morgan fingerprint density at radius 3 is 1.23 bits per heavy atom. The van der Waals surface area contributed by atoms with E-state index >= 15 is 0 Å². The van der Waals surface area contributed by atoms with Crippen molar-refractivity contribution in [1.29, 1.82) is 0 Å². The van der Waals surface area contributed by atoms with Gasteiger partial charge in [-0.25, -0.2) is 29.9 Å². The number of hydrogen-bond acceptors (Lipinski definition) is 18. The van der Waals surface area contributed by atoms with E-state index in [1.54, 1.807) is 28.6 Å². The van der Waals surface area contributed by atoms with E-state index < -0.39 is 23.6 Å². The zero-order valence-corrected chi connectivity index (χ0v) is 68.2. The molecule has 0 aliphatic carbocycles. The fourth-order valence-corrected chi connectivity index (χ4v) is 28.7. The largest absolute Gasteiger partial charge is 0.399 e. The normalized spacial score (nSPS) is 11.0. The summed E-state index contributed by atoms with van der Waals surface area (Å²) < 4.78 is 9.40. The molecule has 0 saturated heterocycles. The van der Waals surface area contributed by atoms with Crippen LogP contribution >= 0.6 is 72.7 Å². The Balaban J connectivity index is 0.000000190. The van der Waals surface area contributed by atoms with Crippen LogP contribution < -0.4 is 47.4 Å². The van der Waals surface area contributed by atoms with Gasteiger partial charge in [-0.15, -0.1) is 0 Å². The SMILES string of the molecule is C.CC/C=C/C(=O)Cl.CCC[CH2][Sn]([CH2]CCC)([CH2]CCC)[c]1cccc(Nc2ncnc3ccc(N)cc23)c1.CN(C)C/C=C/C(=O)Nc1ccc2ncnc(Nc3cccc([124I])c3)c2c1.Nc1ccc2ncnc(Nc3cccc(Br)c3)c2c1.Nc1ccc2ncnc(Nc3cccc([124I])c3)c2c1. The first-order valence-corrected chi connectivity index (χ1v) is 44.8. The molecule has 4 aromatic heterocycles. The summed E-state index contributed by atoms with van der Waals surface area (Å²) in [6.07, 6.45) is 21.5. The number of carbonyl (C=O) groups excluding carboxylic acids is 2. The average molecular weight is 1800 g/mol. The van der Waals surface area contributed by atoms with Gasteiger partial charge in [-0.2, -0.15) is 0 Å². The number of carbonyl (C=O) groups is 2. The molecule has 8 aromatic carbocycles. The van der Waals surface area contributed by atoms with E-state index in [0.29, 0.717) is 29.4 Å². The van der Waals surface area contributed by atoms with Crippen LogP contribution in [0.5, 0.6) is 0 Å². The number of aromatic nitrogens is 8. The molecule has 0 unspecified atom stereocenters. The van der Waals surface area contributed by atoms with E-state index in [0.717, 1.165) is 104 Å². The van der Waals surface area contributed by atoms with Crippen LogP contribution in [0.15, 0.2) is 224 Å². The number of nitrogens with zero attached hydrogens (tertiary/aromatic N) is 9. The third-order valence-electron chi connectivity index (χ3n) is 16.1. The van der Waals surface area contributed by atoms with Gasteiger partial charge < -0.3 is 37.6 Å². The predicted molar refractivity (Wildman–Crippen MR) is 461 cm³/mol. The Labute approximate surface area is 655 Å². The van der Waals surface area contributed by atoms with Gasteiger partial charge in [0.15, 0.2) is 0 Å². The quantitative estimate of drug-likeness (QED) is 0.00918. The van der Waals surface area contributed by atoms with E-state index in [2.05, 4.69) is 179 Å². The van der Waals surface area contributed by atoms with Gasteiger partial charge in [0.25, 0.3) is 0 Å². The molecular formula is C80H91BrClI2N17O2Sn. The average Bonchev–Trinajstić information content (AvgIpc) is 0.807. The second kappa shape index (κ2) is 42.9. The van der Waals surface area contributed by atoms with E-state index in [1.165, 1.54) is 73.9 Å². The van der Waals surface area contributed by atoms with Gasteiger partial charge >= 0.3 is 192 Å². The fraction of sp³-hybridized carbons (Fsp3) is 0.225. The first-order chi connectivity index (χ1) is 49.8. The number of nitrogens with two attached hydrogens (primary N) is 3. The molecule has 0 fully saturated rings. The molecule has 0 aliphatic rings. The van der Waals surface area contributed by atoms with Gasteiger partial charge in [-0.3, -0.25) is 9.59 Å². The van der Waals surface area contributed by atoms with Gasteiger partial charge in [-0.05, 0) is 193 Å². The van der Waals surface area contributed by atoms with Gasteiger partial charge in [0.2, 0.25) is 11.1 Å². The number of halogens is 4. The number of likely N-dealkylation sites (N-methyl/N-ethyl adjacent to an activating group) is 1. The summed E-state index contributed by atoms with van der Waals surface area (Å²) in [5.74, 6) is 2.86. The number of rotatable bonds is 24. The minimum absolute atomic E-state index is 0. The molecule has 1 amide bonds. The molecule has 0 atom stereocenters. The number of anilines is 12. The molecule has 12 aromatic rings. The zero-order chi connectivity index (χ0) is 73.5. The summed E-state index contributed by atoms with van der Waals surface area (Å²) in [7, 11) is 3.90. The number of unbranched alkanes of at least 4 members (excludes halogenated alkanes) is 3. The molecule has 12 rings (SSSR count). The van der Waals surface area contributed by atoms with Crippen LogP contribution in [0, 0.1) is 7.14 Å². The number of nitrogen functional groups attached to an aromatic ring is 3. The molecule has 4 heterocycles. The molecule has 11 N–H and O–H groups in total. The fourth-order valence-electron chi connectivity index (χ4n) is 11.0. The van der Waals surface area contributed by atoms with Crippen molar-refractivity contribution < 1.29 is 9.59 Å². The molecule has 0 saturated carbocycles. The maximum Gasteiger partial charge on any atom is 0.248 e. The number of amides is 1. The smallest absolute Gasteiger partial charge is 0.248 e. The zero-order valence-electron chi connectivity index (χ0n) is 58.6. The van der Waals surface area contributed by atoms with Crippen molar-refractivity contribution in [3.05, 3.63) is 231 Å². The first kappa shape index (κ1) is 82.6. The second-order valence-corrected chi connectivity index (χ2v) is 41.4. The summed E-state index contributed by atoms with van der Waals surface area (Å²) in [6.45, 7) is 9.65. The Morgan fingerprint density at radius 1 is 0.471 bits per heavy atom. The molecular weight excluding hydrogens is 1710 g/mol. The predicted octanol–water partition coefficient (Wildman–Crippen LogP) is 20.7. The Bertz CT molecular complexity index is 4690. The summed E-state index contributed by atoms with van der Waals surface area (Å²) in [4.78, 5) is 58.6. The monoisotopic (exact) mass is 1800 g/mol. The van der Waals surface area contributed by atoms with E-state index in [4.69, 9.17) is 28.8 Å². The number of hydrogen-bond donors (Lipinski definition) is 8. The van der Waals surface area contributed by atoms with Crippen molar-refractivity contribution in [3.8, 4) is 0 Å². The van der Waals surface area contributed by atoms with E-state index in [9.17, 15) is 9.59 Å². The van der Waals surface area contributed by atoms with Gasteiger partial charge in [0, 0.05) is 74.5 Å². The molecule has 0 radical (unpaired) electrons. The summed E-state index contributed by atoms with van der Waals surface area (Å²) in [5.41, 5.74) is 28.0. The molecule has 0 aliphatic heterocycles. The summed E-state index contributed by atoms with van der Waals surface area (Å²) >= 11 is 10.5. The molecule has 0 bridgehead atoms. The third kappa shape index (κ3) is 26.2. The van der Waals surface area contributed by atoms with Gasteiger partial charge in [0.1, 0.15) is 36.4 Å². The third-order valence-corrected chi connectivity index (χ3v) is 33.7. The maximum atomic E-state index is 12.1. The van der Waals surface area contributed by atoms with Crippen molar-refractivity contribution >= 4 is 218 Å². The van der Waals surface area contributed by atoms with Gasteiger partial charge in [-0.1, -0.05) is 60.6 Å². The van der Waals surface area contributed by atoms with E-state index in [-0.39, 0.29) is 13.3 Å². The summed E-state index contributed by atoms with van der Waals surface area (Å²) in [6, 6.07) is 55.9. The Kier molecular flexibility index (Phi) is 34.1. The van der Waals surface area contributed by atoms with Crippen LogP contribution in [0.4, 0.5) is 68.8 Å². The van der Waals surface area contributed by atoms with Crippen LogP contribution in [-0.4, -0.2) is 94.9 Å². The topological polar surface area (TPSA) is 279 Å². The molecule has 24 heteroatoms. The molecule has 540 valence electrons. The van der Waals surface area contributed by atoms with Crippen LogP contribution in [-0.2, 0) is 9.59 Å². The van der Waals surface area contributed by atoms with E-state index in [1.807, 2.05) is 172 Å². The van der Waals surface area contributed by atoms with Crippen molar-refractivity contribution in [2.24, 2.45) is 0 Å². The molecule has 104 heavy (non-hydrogen) atoms. The first-order valence-electron chi connectivity index (χ1n) is 34.0. The number of fused-ring (bicyclic) bond motifs is 4. The van der Waals surface area contributed by atoms with Crippen molar-refractivity contribution in [2.75, 3.05) is 64.4 Å². The van der Waals surface area contributed by atoms with Gasteiger partial charge in [0.05, 0.1) is 16.6 Å². The Hall–Kier alpha value is -8.67.